The van der Waals surface area contributed by atoms with Crippen molar-refractivity contribution in [3.8, 4) is 11.6 Å². The number of anilines is 1. The molecule has 1 fully saturated rings. The van der Waals surface area contributed by atoms with E-state index in [4.69, 9.17) is 4.74 Å². The van der Waals surface area contributed by atoms with Gasteiger partial charge >= 0.3 is 12.3 Å². The van der Waals surface area contributed by atoms with E-state index in [1.165, 1.54) is 18.4 Å². The summed E-state index contributed by atoms with van der Waals surface area (Å²) in [5.41, 5.74) is 0.587. The Morgan fingerprint density at radius 2 is 1.85 bits per heavy atom. The molecule has 1 saturated heterocycles. The predicted octanol–water partition coefficient (Wildman–Crippen LogP) is 2.56. The number of pyridine rings is 1. The van der Waals surface area contributed by atoms with Gasteiger partial charge in [-0.3, -0.25) is 4.79 Å². The van der Waals surface area contributed by atoms with Crippen LogP contribution in [0.2, 0.25) is 0 Å². The van der Waals surface area contributed by atoms with Gasteiger partial charge in [-0.25, -0.2) is 18.4 Å². The number of methoxy groups -OCH3 is 1. The zero-order chi connectivity index (χ0) is 24.7. The molecule has 0 aliphatic carbocycles. The average Bonchev–Trinajstić information content (AvgIpc) is 3.21. The fourth-order valence-corrected chi connectivity index (χ4v) is 5.95. The number of carbonyl (C=O) groups is 1. The van der Waals surface area contributed by atoms with E-state index in [1.807, 2.05) is 0 Å². The van der Waals surface area contributed by atoms with Crippen molar-refractivity contribution < 1.29 is 41.0 Å². The van der Waals surface area contributed by atoms with Crippen LogP contribution in [0.1, 0.15) is 0 Å². The van der Waals surface area contributed by atoms with Crippen LogP contribution in [-0.2, 0) is 14.8 Å². The molecule has 1 N–H and O–H groups in total. The summed E-state index contributed by atoms with van der Waals surface area (Å²) < 4.78 is 72.9. The molecule has 2 aromatic heterocycles. The first-order chi connectivity index (χ1) is 16.0. The maximum Gasteiger partial charge on any atom is 0.573 e. The highest BCUT2D eigenvalue weighted by Gasteiger charge is 2.41. The van der Waals surface area contributed by atoms with Crippen molar-refractivity contribution in [3.05, 3.63) is 36.4 Å². The number of fused-ring (bicyclic) bond motifs is 1. The summed E-state index contributed by atoms with van der Waals surface area (Å²) in [6.07, 6.45) is -4.92. The molecule has 0 saturated carbocycles. The van der Waals surface area contributed by atoms with Gasteiger partial charge in [0.15, 0.2) is 5.13 Å². The number of thiazole rings is 1. The van der Waals surface area contributed by atoms with Crippen molar-refractivity contribution in [2.24, 2.45) is 0 Å². The lowest BCUT2D eigenvalue weighted by Crippen LogP contribution is -2.58. The maximum absolute atomic E-state index is 13.1. The van der Waals surface area contributed by atoms with E-state index < -0.39 is 34.1 Å². The summed E-state index contributed by atoms with van der Waals surface area (Å²) in [5.74, 6) is -1.56. The largest absolute Gasteiger partial charge is 0.573 e. The second-order valence-corrected chi connectivity index (χ2v) is 9.96. The Morgan fingerprint density at radius 3 is 2.47 bits per heavy atom. The maximum atomic E-state index is 13.1. The minimum Gasteiger partial charge on any atom is -0.481 e. The predicted molar refractivity (Wildman–Crippen MR) is 115 cm³/mol. The van der Waals surface area contributed by atoms with Gasteiger partial charge in [-0.15, -0.1) is 13.2 Å². The first-order valence-electron chi connectivity index (χ1n) is 9.65. The summed E-state index contributed by atoms with van der Waals surface area (Å²) in [7, 11) is -2.84. The van der Waals surface area contributed by atoms with Crippen LogP contribution in [0.25, 0.3) is 10.3 Å². The Kier molecular flexibility index (Phi) is 6.26. The number of hydrogen-bond acceptors (Lipinski definition) is 9. The zero-order valence-corrected chi connectivity index (χ0v) is 19.0. The monoisotopic (exact) mass is 518 g/mol. The van der Waals surface area contributed by atoms with Gasteiger partial charge in [0.05, 0.1) is 12.0 Å². The molecule has 0 spiro atoms. The Hall–Kier alpha value is -3.17. The van der Waals surface area contributed by atoms with Gasteiger partial charge < -0.3 is 19.5 Å². The lowest BCUT2D eigenvalue weighted by molar-refractivity contribution is -0.274. The van der Waals surface area contributed by atoms with Gasteiger partial charge in [-0.2, -0.15) is 4.31 Å². The molecule has 0 radical (unpaired) electrons. The number of alkyl halides is 3. The van der Waals surface area contributed by atoms with Crippen LogP contribution in [0.4, 0.5) is 18.3 Å². The van der Waals surface area contributed by atoms with Crippen LogP contribution in [0, 0.1) is 0 Å². The molecule has 3 aromatic rings. The number of sulfonamides is 1. The van der Waals surface area contributed by atoms with Gasteiger partial charge in [0.25, 0.3) is 0 Å². The van der Waals surface area contributed by atoms with E-state index in [0.29, 0.717) is 21.4 Å². The molecule has 1 aliphatic rings. The molecule has 10 nitrogen and oxygen atoms in total. The van der Waals surface area contributed by atoms with E-state index in [0.717, 1.165) is 28.6 Å². The summed E-state index contributed by atoms with van der Waals surface area (Å²) in [5, 5.41) is 10.2. The van der Waals surface area contributed by atoms with Crippen LogP contribution < -0.4 is 14.4 Å². The lowest BCUT2D eigenvalue weighted by atomic mass is 10.2. The number of ether oxygens (including phenoxy) is 2. The normalized spacial score (nSPS) is 17.6. The minimum absolute atomic E-state index is 0.148. The Labute approximate surface area is 195 Å². The van der Waals surface area contributed by atoms with Crippen molar-refractivity contribution in [3.63, 3.8) is 0 Å². The molecule has 4 rings (SSSR count). The van der Waals surface area contributed by atoms with Crippen molar-refractivity contribution in [2.45, 2.75) is 17.3 Å². The first kappa shape index (κ1) is 24.0. The number of piperazine rings is 1. The standard InChI is InChI=1S/C19H17F3N4O6S2/c1-31-15-7-6-13-16(24-15)33-18(23-13)25-8-9-26(14(10-25)17(27)28)34(29,30)12-4-2-11(3-5-12)32-19(20,21)22/h2-7,14H,8-10H2,1H3,(H,27,28). The molecule has 1 aromatic carbocycles. The summed E-state index contributed by atoms with van der Waals surface area (Å²) in [6.45, 7) is -0.206. The van der Waals surface area contributed by atoms with E-state index >= 15 is 0 Å². The van der Waals surface area contributed by atoms with Crippen LogP contribution >= 0.6 is 11.3 Å². The fraction of sp³-hybridized carbons (Fsp3) is 0.316. The third-order valence-corrected chi connectivity index (χ3v) is 7.93. The number of rotatable bonds is 6. The molecular weight excluding hydrogens is 501 g/mol. The number of aromatic nitrogens is 2. The summed E-state index contributed by atoms with van der Waals surface area (Å²) in [6, 6.07) is 5.50. The second-order valence-electron chi connectivity index (χ2n) is 7.11. The molecule has 1 atom stereocenters. The summed E-state index contributed by atoms with van der Waals surface area (Å²) >= 11 is 1.22. The number of aliphatic carboxylic acids is 1. The van der Waals surface area contributed by atoms with E-state index in [-0.39, 0.29) is 24.5 Å². The molecule has 3 heterocycles. The number of halogens is 3. The number of nitrogens with zero attached hydrogens (tertiary/aromatic N) is 4. The topological polar surface area (TPSA) is 122 Å². The van der Waals surface area contributed by atoms with Crippen molar-refractivity contribution in [1.82, 2.24) is 14.3 Å². The smallest absolute Gasteiger partial charge is 0.481 e. The zero-order valence-electron chi connectivity index (χ0n) is 17.4. The summed E-state index contributed by atoms with van der Waals surface area (Å²) in [4.78, 5) is 22.6. The third kappa shape index (κ3) is 4.85. The quantitative estimate of drug-likeness (QED) is 0.525. The van der Waals surface area contributed by atoms with Gasteiger partial charge in [-0.1, -0.05) is 11.3 Å². The minimum atomic E-state index is -4.92. The number of hydrogen-bond donors (Lipinski definition) is 1. The highest BCUT2D eigenvalue weighted by molar-refractivity contribution is 7.89. The molecule has 1 aliphatic heterocycles. The fourth-order valence-electron chi connectivity index (χ4n) is 3.42. The van der Waals surface area contributed by atoms with Gasteiger partial charge in [0, 0.05) is 25.7 Å². The molecule has 0 amide bonds. The second kappa shape index (κ2) is 8.88. The van der Waals surface area contributed by atoms with Crippen molar-refractivity contribution in [1.29, 1.82) is 0 Å². The van der Waals surface area contributed by atoms with Crippen LogP contribution in [-0.4, -0.2) is 72.9 Å². The SMILES string of the molecule is COc1ccc2nc(N3CCN(S(=O)(=O)c4ccc(OC(F)(F)F)cc4)C(C(=O)O)C3)sc2n1. The molecule has 15 heteroatoms. The van der Waals surface area contributed by atoms with Gasteiger partial charge in [0.2, 0.25) is 15.9 Å². The van der Waals surface area contributed by atoms with Gasteiger partial charge in [0.1, 0.15) is 22.1 Å². The Balaban J connectivity index is 1.57. The number of carboxylic acids is 1. The highest BCUT2D eigenvalue weighted by atomic mass is 32.2. The first-order valence-corrected chi connectivity index (χ1v) is 11.9. The molecule has 34 heavy (non-hydrogen) atoms. The molecule has 0 bridgehead atoms. The van der Waals surface area contributed by atoms with Crippen molar-refractivity contribution >= 4 is 42.8 Å². The number of carboxylic acid groups (broad SMARTS) is 1. The van der Waals surface area contributed by atoms with Crippen LogP contribution in [0.5, 0.6) is 11.6 Å². The third-order valence-electron chi connectivity index (χ3n) is 4.98. The van der Waals surface area contributed by atoms with E-state index in [2.05, 4.69) is 14.7 Å². The number of benzene rings is 1. The Morgan fingerprint density at radius 1 is 1.15 bits per heavy atom. The Bertz CT molecular complexity index is 1310. The van der Waals surface area contributed by atoms with E-state index in [1.54, 1.807) is 17.0 Å². The van der Waals surface area contributed by atoms with Crippen LogP contribution in [0.3, 0.4) is 0 Å². The highest BCUT2D eigenvalue weighted by Crippen LogP contribution is 2.32. The average molecular weight is 518 g/mol. The molecule has 1 unspecified atom stereocenters. The van der Waals surface area contributed by atoms with Crippen LogP contribution in [0.15, 0.2) is 41.3 Å². The van der Waals surface area contributed by atoms with Gasteiger partial charge in [-0.05, 0) is 30.3 Å². The molecular formula is C19H17F3N4O6S2. The van der Waals surface area contributed by atoms with E-state index in [9.17, 15) is 31.5 Å². The van der Waals surface area contributed by atoms with Crippen molar-refractivity contribution in [2.75, 3.05) is 31.6 Å². The lowest BCUT2D eigenvalue weighted by Gasteiger charge is -2.38. The molecule has 182 valence electrons.